The molecule has 2 saturated carbocycles. The van der Waals surface area contributed by atoms with Crippen LogP contribution in [-0.4, -0.2) is 19.7 Å². The monoisotopic (exact) mass is 351 g/mol. The number of benzene rings is 1. The first-order valence-corrected chi connectivity index (χ1v) is 9.10. The minimum absolute atomic E-state index is 0.491. The van der Waals surface area contributed by atoms with Crippen molar-refractivity contribution in [1.29, 1.82) is 0 Å². The lowest BCUT2D eigenvalue weighted by molar-refractivity contribution is 0.115. The summed E-state index contributed by atoms with van der Waals surface area (Å²) in [5, 5.41) is 3.61. The van der Waals surface area contributed by atoms with Gasteiger partial charge in [0.25, 0.3) is 0 Å². The van der Waals surface area contributed by atoms with Gasteiger partial charge in [-0.25, -0.2) is 0 Å². The molecule has 3 rings (SSSR count). The third-order valence-corrected chi connectivity index (χ3v) is 5.99. The second-order valence-electron chi connectivity index (χ2n) is 6.78. The standard InChI is InChI=1S/C18H26BrNO/c1-2-20-13-18(12-14-6-7-15(18)10-14)8-9-21-17-5-3-4-16(19)11-17/h3-5,11,14-15,20H,2,6-10,12-13H2,1H3. The van der Waals surface area contributed by atoms with Gasteiger partial charge in [-0.1, -0.05) is 35.3 Å². The highest BCUT2D eigenvalue weighted by atomic mass is 79.9. The fourth-order valence-electron chi connectivity index (χ4n) is 4.47. The number of hydrogen-bond donors (Lipinski definition) is 1. The zero-order valence-electron chi connectivity index (χ0n) is 12.9. The van der Waals surface area contributed by atoms with Gasteiger partial charge < -0.3 is 10.1 Å². The molecule has 21 heavy (non-hydrogen) atoms. The summed E-state index contributed by atoms with van der Waals surface area (Å²) in [6.07, 6.45) is 6.96. The highest BCUT2D eigenvalue weighted by Crippen LogP contribution is 2.57. The number of fused-ring (bicyclic) bond motifs is 2. The van der Waals surface area contributed by atoms with E-state index in [2.05, 4.69) is 34.2 Å². The van der Waals surface area contributed by atoms with Crippen LogP contribution in [0.5, 0.6) is 5.75 Å². The summed E-state index contributed by atoms with van der Waals surface area (Å²) in [5.74, 6) is 2.89. The Morgan fingerprint density at radius 1 is 1.38 bits per heavy atom. The van der Waals surface area contributed by atoms with Gasteiger partial charge in [0.15, 0.2) is 0 Å². The van der Waals surface area contributed by atoms with Gasteiger partial charge in [-0.3, -0.25) is 0 Å². The average molecular weight is 352 g/mol. The van der Waals surface area contributed by atoms with Crippen molar-refractivity contribution in [3.63, 3.8) is 0 Å². The summed E-state index contributed by atoms with van der Waals surface area (Å²) in [5.41, 5.74) is 0.491. The summed E-state index contributed by atoms with van der Waals surface area (Å²) >= 11 is 3.50. The molecule has 2 bridgehead atoms. The van der Waals surface area contributed by atoms with Crippen LogP contribution >= 0.6 is 15.9 Å². The molecule has 0 aliphatic heterocycles. The Morgan fingerprint density at radius 2 is 2.29 bits per heavy atom. The smallest absolute Gasteiger partial charge is 0.120 e. The maximum atomic E-state index is 6.00. The molecule has 2 aliphatic rings. The van der Waals surface area contributed by atoms with Gasteiger partial charge in [-0.2, -0.15) is 0 Å². The molecule has 2 fully saturated rings. The van der Waals surface area contributed by atoms with Gasteiger partial charge in [-0.15, -0.1) is 0 Å². The number of ether oxygens (including phenoxy) is 1. The van der Waals surface area contributed by atoms with Crippen LogP contribution < -0.4 is 10.1 Å². The minimum atomic E-state index is 0.491. The van der Waals surface area contributed by atoms with E-state index in [-0.39, 0.29) is 0 Å². The van der Waals surface area contributed by atoms with Crippen LogP contribution in [0.3, 0.4) is 0 Å². The quantitative estimate of drug-likeness (QED) is 0.772. The van der Waals surface area contributed by atoms with Gasteiger partial charge in [0.1, 0.15) is 5.75 Å². The first kappa shape index (κ1) is 15.4. The Morgan fingerprint density at radius 3 is 2.95 bits per heavy atom. The number of halogens is 1. The SMILES string of the molecule is CCNCC1(CCOc2cccc(Br)c2)CC2CCC1C2. The second-order valence-corrected chi connectivity index (χ2v) is 7.69. The van der Waals surface area contributed by atoms with E-state index in [9.17, 15) is 0 Å². The number of rotatable bonds is 7. The molecule has 1 N–H and O–H groups in total. The lowest BCUT2D eigenvalue weighted by Gasteiger charge is -2.38. The molecule has 3 unspecified atom stereocenters. The number of hydrogen-bond acceptors (Lipinski definition) is 2. The largest absolute Gasteiger partial charge is 0.494 e. The fraction of sp³-hybridized carbons (Fsp3) is 0.667. The van der Waals surface area contributed by atoms with Gasteiger partial charge in [0.05, 0.1) is 6.61 Å². The molecule has 0 saturated heterocycles. The molecule has 2 aliphatic carbocycles. The molecule has 0 spiro atoms. The van der Waals surface area contributed by atoms with E-state index < -0.39 is 0 Å². The Hall–Kier alpha value is -0.540. The lowest BCUT2D eigenvalue weighted by atomic mass is 9.71. The van der Waals surface area contributed by atoms with E-state index in [0.717, 1.165) is 35.2 Å². The van der Waals surface area contributed by atoms with E-state index >= 15 is 0 Å². The van der Waals surface area contributed by atoms with Gasteiger partial charge >= 0.3 is 0 Å². The summed E-state index contributed by atoms with van der Waals surface area (Å²) in [4.78, 5) is 0. The van der Waals surface area contributed by atoms with Crippen LogP contribution in [-0.2, 0) is 0 Å². The molecule has 0 radical (unpaired) electrons. The Labute approximate surface area is 136 Å². The van der Waals surface area contributed by atoms with E-state index in [0.29, 0.717) is 5.41 Å². The molecule has 0 heterocycles. The molecule has 1 aromatic carbocycles. The zero-order valence-corrected chi connectivity index (χ0v) is 14.5. The van der Waals surface area contributed by atoms with Crippen LogP contribution in [0.2, 0.25) is 0 Å². The molecule has 1 aromatic rings. The van der Waals surface area contributed by atoms with E-state index in [4.69, 9.17) is 4.74 Å². The van der Waals surface area contributed by atoms with Crippen molar-refractivity contribution in [3.8, 4) is 5.75 Å². The van der Waals surface area contributed by atoms with Crippen LogP contribution in [0.1, 0.15) is 39.0 Å². The third-order valence-electron chi connectivity index (χ3n) is 5.49. The Bertz CT molecular complexity index is 478. The predicted octanol–water partition coefficient (Wildman–Crippen LogP) is 4.63. The highest BCUT2D eigenvalue weighted by Gasteiger charge is 2.50. The maximum Gasteiger partial charge on any atom is 0.120 e. The summed E-state index contributed by atoms with van der Waals surface area (Å²) < 4.78 is 7.09. The number of nitrogens with one attached hydrogen (secondary N) is 1. The summed E-state index contributed by atoms with van der Waals surface area (Å²) in [7, 11) is 0. The van der Waals surface area contributed by atoms with Gasteiger partial charge in [0.2, 0.25) is 0 Å². The molecule has 0 amide bonds. The summed E-state index contributed by atoms with van der Waals surface area (Å²) in [6, 6.07) is 8.17. The fourth-order valence-corrected chi connectivity index (χ4v) is 4.85. The van der Waals surface area contributed by atoms with Gasteiger partial charge in [-0.05, 0) is 67.7 Å². The van der Waals surface area contributed by atoms with Crippen LogP contribution in [0, 0.1) is 17.3 Å². The molecular formula is C18H26BrNO. The Balaban J connectivity index is 1.58. The van der Waals surface area contributed by atoms with Crippen molar-refractivity contribution < 1.29 is 4.74 Å². The van der Waals surface area contributed by atoms with Crippen molar-refractivity contribution in [2.24, 2.45) is 17.3 Å². The topological polar surface area (TPSA) is 21.3 Å². The van der Waals surface area contributed by atoms with Crippen molar-refractivity contribution >= 4 is 15.9 Å². The zero-order chi connectivity index (χ0) is 14.7. The van der Waals surface area contributed by atoms with Crippen molar-refractivity contribution in [1.82, 2.24) is 5.32 Å². The summed E-state index contributed by atoms with van der Waals surface area (Å²) in [6.45, 7) is 5.29. The van der Waals surface area contributed by atoms with Gasteiger partial charge in [0, 0.05) is 11.0 Å². The lowest BCUT2D eigenvalue weighted by Crippen LogP contribution is -2.39. The molecule has 0 aromatic heterocycles. The normalized spacial score (nSPS) is 30.8. The maximum absolute atomic E-state index is 6.00. The van der Waals surface area contributed by atoms with Crippen molar-refractivity contribution in [2.45, 2.75) is 39.0 Å². The first-order valence-electron chi connectivity index (χ1n) is 8.31. The van der Waals surface area contributed by atoms with E-state index in [1.54, 1.807) is 0 Å². The second kappa shape index (κ2) is 6.70. The molecule has 3 heteroatoms. The molecule has 116 valence electrons. The third kappa shape index (κ3) is 3.45. The van der Waals surface area contributed by atoms with Crippen LogP contribution in [0.4, 0.5) is 0 Å². The van der Waals surface area contributed by atoms with Crippen LogP contribution in [0.15, 0.2) is 28.7 Å². The molecule has 3 atom stereocenters. The Kier molecular flexibility index (Phi) is 4.90. The van der Waals surface area contributed by atoms with Crippen molar-refractivity contribution in [3.05, 3.63) is 28.7 Å². The minimum Gasteiger partial charge on any atom is -0.494 e. The van der Waals surface area contributed by atoms with Crippen molar-refractivity contribution in [2.75, 3.05) is 19.7 Å². The highest BCUT2D eigenvalue weighted by molar-refractivity contribution is 9.10. The van der Waals surface area contributed by atoms with E-state index in [1.807, 2.05) is 18.2 Å². The van der Waals surface area contributed by atoms with Crippen LogP contribution in [0.25, 0.3) is 0 Å². The first-order chi connectivity index (χ1) is 10.2. The molecular weight excluding hydrogens is 326 g/mol. The van der Waals surface area contributed by atoms with E-state index in [1.165, 1.54) is 38.6 Å². The predicted molar refractivity (Wildman–Crippen MR) is 90.7 cm³/mol. The average Bonchev–Trinajstić information content (AvgIpc) is 3.06. The molecule has 2 nitrogen and oxygen atoms in total.